The normalized spacial score (nSPS) is 10.0. The highest BCUT2D eigenvalue weighted by Gasteiger charge is 2.09. The maximum atomic E-state index is 11.9. The topological polar surface area (TPSA) is 50.4 Å². The Bertz CT molecular complexity index is 647. The van der Waals surface area contributed by atoms with Gasteiger partial charge in [-0.1, -0.05) is 41.4 Å². The van der Waals surface area contributed by atoms with Crippen LogP contribution in [0.4, 0.5) is 11.4 Å². The molecule has 0 saturated heterocycles. The van der Waals surface area contributed by atoms with E-state index < -0.39 is 0 Å². The number of carbonyl (C=O) groups is 1. The lowest BCUT2D eigenvalue weighted by atomic mass is 10.3. The third kappa shape index (κ3) is 4.03. The maximum absolute atomic E-state index is 11.9. The molecule has 2 N–H and O–H groups in total. The molecule has 2 rings (SSSR count). The molecule has 1 amide bonds. The summed E-state index contributed by atoms with van der Waals surface area (Å²) in [6.45, 7) is 0.0865. The second-order valence-corrected chi connectivity index (χ2v) is 4.99. The molecule has 0 aromatic heterocycles. The van der Waals surface area contributed by atoms with E-state index in [0.29, 0.717) is 21.5 Å². The number of anilines is 2. The van der Waals surface area contributed by atoms with Crippen molar-refractivity contribution in [1.82, 2.24) is 0 Å². The van der Waals surface area contributed by atoms with Gasteiger partial charge in [0.15, 0.2) is 0 Å². The minimum absolute atomic E-state index is 0.0865. The Balaban J connectivity index is 1.98. The van der Waals surface area contributed by atoms with Gasteiger partial charge in [0, 0.05) is 0 Å². The molecule has 0 saturated carbocycles. The molecule has 0 bridgehead atoms. The number of hydrogen-bond acceptors (Lipinski definition) is 3. The summed E-state index contributed by atoms with van der Waals surface area (Å²) in [4.78, 5) is 11.9. The predicted octanol–water partition coefficient (Wildman–Crippen LogP) is 4.05. The van der Waals surface area contributed by atoms with Crippen LogP contribution in [0.5, 0.6) is 5.75 Å². The number of methoxy groups -OCH3 is 1. The van der Waals surface area contributed by atoms with Gasteiger partial charge in [-0.25, -0.2) is 0 Å². The van der Waals surface area contributed by atoms with E-state index in [1.54, 1.807) is 25.3 Å². The monoisotopic (exact) mass is 324 g/mol. The molecule has 110 valence electrons. The van der Waals surface area contributed by atoms with Gasteiger partial charge in [-0.05, 0) is 24.3 Å². The summed E-state index contributed by atoms with van der Waals surface area (Å²) in [6, 6.07) is 12.4. The fourth-order valence-corrected chi connectivity index (χ4v) is 2.11. The van der Waals surface area contributed by atoms with Crippen molar-refractivity contribution in [2.24, 2.45) is 0 Å². The van der Waals surface area contributed by atoms with Crippen molar-refractivity contribution in [2.45, 2.75) is 0 Å². The van der Waals surface area contributed by atoms with Crippen molar-refractivity contribution in [3.05, 3.63) is 52.5 Å². The highest BCUT2D eigenvalue weighted by atomic mass is 35.5. The molecule has 0 aliphatic heterocycles. The molecule has 4 nitrogen and oxygen atoms in total. The lowest BCUT2D eigenvalue weighted by Crippen LogP contribution is -2.22. The molecular formula is C15H14Cl2N2O2. The summed E-state index contributed by atoms with van der Waals surface area (Å²) in [5, 5.41) is 6.42. The molecular weight excluding hydrogens is 311 g/mol. The molecule has 6 heteroatoms. The molecule has 0 atom stereocenters. The fraction of sp³-hybridized carbons (Fsp3) is 0.133. The first-order valence-electron chi connectivity index (χ1n) is 6.22. The van der Waals surface area contributed by atoms with Crippen molar-refractivity contribution in [3.63, 3.8) is 0 Å². The molecule has 0 unspecified atom stereocenters. The first-order valence-corrected chi connectivity index (χ1v) is 6.98. The second kappa shape index (κ2) is 7.20. The summed E-state index contributed by atoms with van der Waals surface area (Å²) < 4.78 is 5.20. The lowest BCUT2D eigenvalue weighted by Gasteiger charge is -2.12. The van der Waals surface area contributed by atoms with Gasteiger partial charge < -0.3 is 15.4 Å². The van der Waals surface area contributed by atoms with Crippen molar-refractivity contribution in [3.8, 4) is 5.75 Å². The van der Waals surface area contributed by atoms with Crippen LogP contribution in [0.3, 0.4) is 0 Å². The average molecular weight is 325 g/mol. The van der Waals surface area contributed by atoms with Crippen LogP contribution in [0.15, 0.2) is 42.5 Å². The summed E-state index contributed by atoms with van der Waals surface area (Å²) in [7, 11) is 1.58. The molecule has 21 heavy (non-hydrogen) atoms. The maximum Gasteiger partial charge on any atom is 0.243 e. The Morgan fingerprint density at radius 3 is 2.57 bits per heavy atom. The number of ether oxygens (including phenoxy) is 1. The number of rotatable bonds is 5. The number of para-hydroxylation sites is 2. The summed E-state index contributed by atoms with van der Waals surface area (Å²) in [5.41, 5.74) is 1.23. The van der Waals surface area contributed by atoms with Gasteiger partial charge in [0.2, 0.25) is 5.91 Å². The Morgan fingerprint density at radius 1 is 1.10 bits per heavy atom. The molecule has 0 fully saturated rings. The summed E-state index contributed by atoms with van der Waals surface area (Å²) in [6.07, 6.45) is 0. The smallest absolute Gasteiger partial charge is 0.243 e. The zero-order valence-corrected chi connectivity index (χ0v) is 12.8. The fourth-order valence-electron chi connectivity index (χ4n) is 1.76. The van der Waals surface area contributed by atoms with Crippen LogP contribution in [0, 0.1) is 0 Å². The number of nitrogens with one attached hydrogen (secondary N) is 2. The first-order chi connectivity index (χ1) is 10.1. The lowest BCUT2D eigenvalue weighted by molar-refractivity contribution is -0.114. The molecule has 0 radical (unpaired) electrons. The summed E-state index contributed by atoms with van der Waals surface area (Å²) >= 11 is 11.9. The number of halogens is 2. The average Bonchev–Trinajstić information content (AvgIpc) is 2.50. The Morgan fingerprint density at radius 2 is 1.81 bits per heavy atom. The zero-order chi connectivity index (χ0) is 15.2. The molecule has 0 aliphatic carbocycles. The second-order valence-electron chi connectivity index (χ2n) is 4.20. The van der Waals surface area contributed by atoms with Gasteiger partial charge in [0.05, 0.1) is 35.1 Å². The van der Waals surface area contributed by atoms with Crippen molar-refractivity contribution < 1.29 is 9.53 Å². The van der Waals surface area contributed by atoms with Crippen LogP contribution in [0.1, 0.15) is 0 Å². The Kier molecular flexibility index (Phi) is 5.31. The van der Waals surface area contributed by atoms with Crippen LogP contribution in [0.2, 0.25) is 10.0 Å². The predicted molar refractivity (Wildman–Crippen MR) is 86.6 cm³/mol. The van der Waals surface area contributed by atoms with Crippen LogP contribution < -0.4 is 15.4 Å². The number of amides is 1. The highest BCUT2D eigenvalue weighted by Crippen LogP contribution is 2.29. The third-order valence-electron chi connectivity index (χ3n) is 2.77. The zero-order valence-electron chi connectivity index (χ0n) is 11.3. The molecule has 0 aliphatic rings. The van der Waals surface area contributed by atoms with E-state index in [2.05, 4.69) is 10.6 Å². The van der Waals surface area contributed by atoms with Crippen LogP contribution >= 0.6 is 23.2 Å². The molecule has 2 aromatic carbocycles. The SMILES string of the molecule is COc1ccccc1NCC(=O)Nc1cccc(Cl)c1Cl. The minimum atomic E-state index is -0.231. The third-order valence-corrected chi connectivity index (χ3v) is 3.59. The number of hydrogen-bond donors (Lipinski definition) is 2. The largest absolute Gasteiger partial charge is 0.495 e. The Labute approximate surface area is 133 Å². The van der Waals surface area contributed by atoms with E-state index in [1.807, 2.05) is 24.3 Å². The van der Waals surface area contributed by atoms with Crippen molar-refractivity contribution >= 4 is 40.5 Å². The Hall–Kier alpha value is -1.91. The molecule has 2 aromatic rings. The van der Waals surface area contributed by atoms with Gasteiger partial charge >= 0.3 is 0 Å². The van der Waals surface area contributed by atoms with E-state index in [1.165, 1.54) is 0 Å². The standard InChI is InChI=1S/C15H14Cl2N2O2/c1-21-13-8-3-2-6-11(13)18-9-14(20)19-12-7-4-5-10(16)15(12)17/h2-8,18H,9H2,1H3,(H,19,20). The van der Waals surface area contributed by atoms with Gasteiger partial charge in [-0.2, -0.15) is 0 Å². The van der Waals surface area contributed by atoms with Gasteiger partial charge in [-0.15, -0.1) is 0 Å². The number of carbonyl (C=O) groups excluding carboxylic acids is 1. The number of benzene rings is 2. The van der Waals surface area contributed by atoms with E-state index in [0.717, 1.165) is 5.69 Å². The van der Waals surface area contributed by atoms with Gasteiger partial charge in [0.25, 0.3) is 0 Å². The van der Waals surface area contributed by atoms with E-state index >= 15 is 0 Å². The first kappa shape index (κ1) is 15.5. The van der Waals surface area contributed by atoms with Gasteiger partial charge in [-0.3, -0.25) is 4.79 Å². The highest BCUT2D eigenvalue weighted by molar-refractivity contribution is 6.44. The van der Waals surface area contributed by atoms with Crippen LogP contribution in [-0.4, -0.2) is 19.6 Å². The van der Waals surface area contributed by atoms with Crippen LogP contribution in [0.25, 0.3) is 0 Å². The minimum Gasteiger partial charge on any atom is -0.495 e. The summed E-state index contributed by atoms with van der Waals surface area (Å²) in [5.74, 6) is 0.441. The van der Waals surface area contributed by atoms with E-state index in [9.17, 15) is 4.79 Å². The van der Waals surface area contributed by atoms with Crippen molar-refractivity contribution in [1.29, 1.82) is 0 Å². The molecule has 0 spiro atoms. The quantitative estimate of drug-likeness (QED) is 0.872. The van der Waals surface area contributed by atoms with Gasteiger partial charge in [0.1, 0.15) is 5.75 Å². The van der Waals surface area contributed by atoms with E-state index in [-0.39, 0.29) is 12.5 Å². The van der Waals surface area contributed by atoms with Crippen molar-refractivity contribution in [2.75, 3.05) is 24.3 Å². The molecule has 0 heterocycles. The van der Waals surface area contributed by atoms with E-state index in [4.69, 9.17) is 27.9 Å². The van der Waals surface area contributed by atoms with Crippen LogP contribution in [-0.2, 0) is 4.79 Å².